The number of aromatic nitrogens is 4. The molecule has 0 aliphatic carbocycles. The number of hydrogen-bond acceptors (Lipinski definition) is 7. The van der Waals surface area contributed by atoms with Crippen molar-refractivity contribution in [1.82, 2.24) is 25.7 Å². The summed E-state index contributed by atoms with van der Waals surface area (Å²) in [5, 5.41) is 18.8. The molecule has 0 aromatic carbocycles. The molecule has 24 heavy (non-hydrogen) atoms. The van der Waals surface area contributed by atoms with Crippen LogP contribution in [0.2, 0.25) is 0 Å². The molecule has 2 amide bonds. The molecule has 2 aromatic rings. The van der Waals surface area contributed by atoms with E-state index in [4.69, 9.17) is 4.74 Å². The molecule has 10 heteroatoms. The van der Waals surface area contributed by atoms with Crippen LogP contribution in [0.5, 0.6) is 0 Å². The molecule has 0 bridgehead atoms. The molecular formula is C14H18N6O3S. The Labute approximate surface area is 142 Å². The van der Waals surface area contributed by atoms with Gasteiger partial charge in [0.2, 0.25) is 16.9 Å². The molecule has 2 aromatic heterocycles. The minimum absolute atomic E-state index is 0.108. The maximum Gasteiger partial charge on any atom is 0.229 e. The first-order valence-corrected chi connectivity index (χ1v) is 8.36. The summed E-state index contributed by atoms with van der Waals surface area (Å²) in [5.74, 6) is -0.593. The number of aromatic amines is 1. The second-order valence-electron chi connectivity index (χ2n) is 5.44. The lowest BCUT2D eigenvalue weighted by Crippen LogP contribution is -2.34. The van der Waals surface area contributed by atoms with Crippen LogP contribution in [-0.4, -0.2) is 52.4 Å². The van der Waals surface area contributed by atoms with Crippen molar-refractivity contribution < 1.29 is 14.3 Å². The van der Waals surface area contributed by atoms with Gasteiger partial charge in [-0.25, -0.2) is 0 Å². The molecule has 0 radical (unpaired) electrons. The molecule has 1 saturated heterocycles. The van der Waals surface area contributed by atoms with Crippen molar-refractivity contribution in [1.29, 1.82) is 0 Å². The summed E-state index contributed by atoms with van der Waals surface area (Å²) >= 11 is 1.30. The van der Waals surface area contributed by atoms with Crippen molar-refractivity contribution in [2.75, 3.05) is 25.1 Å². The van der Waals surface area contributed by atoms with Gasteiger partial charge in [-0.3, -0.25) is 19.6 Å². The van der Waals surface area contributed by atoms with E-state index in [0.29, 0.717) is 36.3 Å². The number of anilines is 1. The lowest BCUT2D eigenvalue weighted by Gasteiger charge is -2.12. The summed E-state index contributed by atoms with van der Waals surface area (Å²) in [6, 6.07) is 1.86. The largest absolute Gasteiger partial charge is 0.377 e. The number of nitrogens with one attached hydrogen (secondary N) is 2. The van der Waals surface area contributed by atoms with Gasteiger partial charge in [0.1, 0.15) is 11.6 Å². The van der Waals surface area contributed by atoms with Crippen LogP contribution in [0, 0.1) is 5.92 Å². The number of methoxy groups -OCH3 is 1. The van der Waals surface area contributed by atoms with Crippen molar-refractivity contribution >= 4 is 28.3 Å². The first-order valence-electron chi connectivity index (χ1n) is 7.55. The highest BCUT2D eigenvalue weighted by Crippen LogP contribution is 2.28. The van der Waals surface area contributed by atoms with E-state index in [1.807, 2.05) is 6.07 Å². The SMILES string of the molecule is COCc1nnc(N2CC(C(=O)NCCc3ccn[nH]3)CC2=O)s1. The number of carbonyl (C=O) groups excluding carboxylic acids is 2. The Morgan fingerprint density at radius 1 is 1.54 bits per heavy atom. The van der Waals surface area contributed by atoms with E-state index in [2.05, 4.69) is 25.7 Å². The smallest absolute Gasteiger partial charge is 0.229 e. The van der Waals surface area contributed by atoms with Crippen molar-refractivity contribution in [3.05, 3.63) is 23.0 Å². The Hall–Kier alpha value is -2.33. The van der Waals surface area contributed by atoms with Crippen LogP contribution in [0.25, 0.3) is 0 Å². The van der Waals surface area contributed by atoms with Gasteiger partial charge < -0.3 is 10.1 Å². The van der Waals surface area contributed by atoms with Crippen LogP contribution in [0.15, 0.2) is 12.3 Å². The van der Waals surface area contributed by atoms with Crippen molar-refractivity contribution in [2.24, 2.45) is 5.92 Å². The molecule has 2 N–H and O–H groups in total. The average molecular weight is 350 g/mol. The van der Waals surface area contributed by atoms with Crippen molar-refractivity contribution in [2.45, 2.75) is 19.4 Å². The number of rotatable bonds is 7. The zero-order chi connectivity index (χ0) is 16.9. The average Bonchev–Trinajstić information content (AvgIpc) is 3.28. The van der Waals surface area contributed by atoms with Gasteiger partial charge in [0, 0.05) is 44.9 Å². The lowest BCUT2D eigenvalue weighted by molar-refractivity contribution is -0.126. The van der Waals surface area contributed by atoms with Crippen molar-refractivity contribution in [3.8, 4) is 0 Å². The maximum absolute atomic E-state index is 12.2. The number of hydrogen-bond donors (Lipinski definition) is 2. The van der Waals surface area contributed by atoms with Gasteiger partial charge in [-0.05, 0) is 6.07 Å². The first-order chi connectivity index (χ1) is 11.7. The van der Waals surface area contributed by atoms with Crippen LogP contribution in [0.4, 0.5) is 5.13 Å². The molecule has 1 unspecified atom stereocenters. The second-order valence-corrected chi connectivity index (χ2v) is 6.48. The lowest BCUT2D eigenvalue weighted by atomic mass is 10.1. The molecule has 1 aliphatic rings. The molecule has 9 nitrogen and oxygen atoms in total. The van der Waals surface area contributed by atoms with E-state index in [1.54, 1.807) is 13.3 Å². The highest BCUT2D eigenvalue weighted by atomic mass is 32.1. The van der Waals surface area contributed by atoms with E-state index >= 15 is 0 Å². The van der Waals surface area contributed by atoms with Crippen LogP contribution in [0.1, 0.15) is 17.1 Å². The maximum atomic E-state index is 12.2. The number of carbonyl (C=O) groups is 2. The standard InChI is InChI=1S/C14H18N6O3S/c1-23-8-11-18-19-14(24-11)20-7-9(6-12(20)21)13(22)15-4-2-10-3-5-16-17-10/h3,5,9H,2,4,6-8H2,1H3,(H,15,22)(H,16,17). The Balaban J connectivity index is 1.52. The van der Waals surface area contributed by atoms with Gasteiger partial charge in [-0.1, -0.05) is 11.3 Å². The molecule has 3 rings (SSSR count). The summed E-state index contributed by atoms with van der Waals surface area (Å²) in [5.41, 5.74) is 0.957. The zero-order valence-electron chi connectivity index (χ0n) is 13.2. The predicted molar refractivity (Wildman–Crippen MR) is 86.4 cm³/mol. The normalized spacial score (nSPS) is 17.5. The van der Waals surface area contributed by atoms with Gasteiger partial charge in [-0.2, -0.15) is 5.10 Å². The van der Waals surface area contributed by atoms with Gasteiger partial charge >= 0.3 is 0 Å². The van der Waals surface area contributed by atoms with Crippen LogP contribution >= 0.6 is 11.3 Å². The number of ether oxygens (including phenoxy) is 1. The second kappa shape index (κ2) is 7.49. The van der Waals surface area contributed by atoms with Crippen LogP contribution in [-0.2, 0) is 27.4 Å². The molecule has 1 aliphatic heterocycles. The Bertz CT molecular complexity index is 701. The minimum atomic E-state index is -0.367. The molecule has 1 atom stereocenters. The first kappa shape index (κ1) is 16.5. The summed E-state index contributed by atoms with van der Waals surface area (Å²) < 4.78 is 5.00. The Morgan fingerprint density at radius 3 is 3.17 bits per heavy atom. The summed E-state index contributed by atoms with van der Waals surface area (Å²) in [4.78, 5) is 25.9. The van der Waals surface area contributed by atoms with E-state index in [9.17, 15) is 9.59 Å². The third-order valence-corrected chi connectivity index (χ3v) is 4.62. The molecular weight excluding hydrogens is 332 g/mol. The Morgan fingerprint density at radius 2 is 2.42 bits per heavy atom. The summed E-state index contributed by atoms with van der Waals surface area (Å²) in [6.45, 7) is 1.19. The monoisotopic (exact) mass is 350 g/mol. The fraction of sp³-hybridized carbons (Fsp3) is 0.500. The predicted octanol–water partition coefficient (Wildman–Crippen LogP) is 0.119. The molecule has 1 fully saturated rings. The molecule has 3 heterocycles. The van der Waals surface area contributed by atoms with E-state index in [-0.39, 0.29) is 24.2 Å². The quantitative estimate of drug-likeness (QED) is 0.733. The summed E-state index contributed by atoms with van der Waals surface area (Å²) in [7, 11) is 1.58. The molecule has 0 saturated carbocycles. The highest BCUT2D eigenvalue weighted by molar-refractivity contribution is 7.15. The minimum Gasteiger partial charge on any atom is -0.377 e. The zero-order valence-corrected chi connectivity index (χ0v) is 14.0. The van der Waals surface area contributed by atoms with Gasteiger partial charge in [0.15, 0.2) is 0 Å². The molecule has 0 spiro atoms. The number of amides is 2. The fourth-order valence-electron chi connectivity index (χ4n) is 2.49. The highest BCUT2D eigenvalue weighted by Gasteiger charge is 2.36. The van der Waals surface area contributed by atoms with E-state index in [0.717, 1.165) is 5.69 Å². The Kier molecular flexibility index (Phi) is 5.16. The third-order valence-electron chi connectivity index (χ3n) is 3.70. The van der Waals surface area contributed by atoms with E-state index in [1.165, 1.54) is 16.2 Å². The van der Waals surface area contributed by atoms with Crippen LogP contribution in [0.3, 0.4) is 0 Å². The van der Waals surface area contributed by atoms with Crippen molar-refractivity contribution in [3.63, 3.8) is 0 Å². The number of nitrogens with zero attached hydrogens (tertiary/aromatic N) is 4. The van der Waals surface area contributed by atoms with Crippen LogP contribution < -0.4 is 10.2 Å². The molecule has 128 valence electrons. The number of H-pyrrole nitrogens is 1. The van der Waals surface area contributed by atoms with Gasteiger partial charge in [0.05, 0.1) is 5.92 Å². The topological polar surface area (TPSA) is 113 Å². The summed E-state index contributed by atoms with van der Waals surface area (Å²) in [6.07, 6.45) is 2.53. The fourth-order valence-corrected chi connectivity index (χ4v) is 3.33. The van der Waals surface area contributed by atoms with Gasteiger partial charge in [-0.15, -0.1) is 10.2 Å². The van der Waals surface area contributed by atoms with E-state index < -0.39 is 0 Å². The third kappa shape index (κ3) is 3.77. The van der Waals surface area contributed by atoms with Gasteiger partial charge in [0.25, 0.3) is 0 Å².